The first-order valence-electron chi connectivity index (χ1n) is 3.42. The van der Waals surface area contributed by atoms with Crippen molar-refractivity contribution < 1.29 is 4.79 Å². The summed E-state index contributed by atoms with van der Waals surface area (Å²) in [6.45, 7) is 0. The normalized spacial score (nSPS) is 10.3. The molecule has 59 valence electrons. The summed E-state index contributed by atoms with van der Waals surface area (Å²) in [5.74, 6) is -0.496. The van der Waals surface area contributed by atoms with E-state index >= 15 is 0 Å². The molecule has 0 saturated carbocycles. The number of aromatic nitrogens is 2. The average Bonchev–Trinajstić information content (AvgIpc) is 2.49. The summed E-state index contributed by atoms with van der Waals surface area (Å²) in [5.41, 5.74) is 6.84. The van der Waals surface area contributed by atoms with Crippen molar-refractivity contribution in [2.45, 2.75) is 0 Å². The van der Waals surface area contributed by atoms with Crippen molar-refractivity contribution >= 4 is 16.9 Å². The Morgan fingerprint density at radius 2 is 2.50 bits per heavy atom. The molecule has 2 heterocycles. The monoisotopic (exact) mass is 160 g/mol. The number of pyridine rings is 1. The zero-order valence-corrected chi connectivity index (χ0v) is 6.16. The molecule has 1 radical (unpaired) electrons. The van der Waals surface area contributed by atoms with Gasteiger partial charge in [-0.2, -0.15) is 0 Å². The highest BCUT2D eigenvalue weighted by Gasteiger charge is 2.06. The number of hydrogen-bond acceptors (Lipinski definition) is 2. The van der Waals surface area contributed by atoms with E-state index in [1.165, 1.54) is 6.20 Å². The minimum atomic E-state index is -0.496. The van der Waals surface area contributed by atoms with Crippen molar-refractivity contribution in [3.63, 3.8) is 0 Å². The van der Waals surface area contributed by atoms with Gasteiger partial charge >= 0.3 is 0 Å². The predicted octanol–water partition coefficient (Wildman–Crippen LogP) is 0.462. The minimum Gasteiger partial charge on any atom is -0.366 e. The molecule has 12 heavy (non-hydrogen) atoms. The number of carbonyl (C=O) groups is 1. The molecule has 0 aromatic carbocycles. The van der Waals surface area contributed by atoms with Gasteiger partial charge in [0.15, 0.2) is 0 Å². The Labute approximate surface area is 68.4 Å². The topological polar surface area (TPSA) is 71.8 Å². The fourth-order valence-corrected chi connectivity index (χ4v) is 1.10. The van der Waals surface area contributed by atoms with Crippen molar-refractivity contribution in [1.29, 1.82) is 0 Å². The number of H-pyrrole nitrogens is 1. The molecule has 2 aromatic rings. The second kappa shape index (κ2) is 2.34. The highest BCUT2D eigenvalue weighted by Crippen LogP contribution is 2.12. The van der Waals surface area contributed by atoms with Gasteiger partial charge < -0.3 is 10.7 Å². The molecule has 0 aliphatic rings. The molecule has 0 fully saturated rings. The molecule has 1 amide bonds. The highest BCUT2D eigenvalue weighted by molar-refractivity contribution is 6.03. The van der Waals surface area contributed by atoms with Crippen LogP contribution >= 0.6 is 0 Å². The van der Waals surface area contributed by atoms with Crippen molar-refractivity contribution in [2.75, 3.05) is 0 Å². The molecule has 0 aliphatic heterocycles. The van der Waals surface area contributed by atoms with Crippen LogP contribution in [0, 0.1) is 6.07 Å². The average molecular weight is 160 g/mol. The SMILES string of the molecule is NC(=O)c1[c]cnc2cc[nH]c12. The molecule has 0 atom stereocenters. The van der Waals surface area contributed by atoms with Crippen molar-refractivity contribution in [3.05, 3.63) is 30.1 Å². The molecule has 0 unspecified atom stereocenters. The molecular weight excluding hydrogens is 154 g/mol. The second-order valence-electron chi connectivity index (χ2n) is 2.38. The van der Waals surface area contributed by atoms with Crippen LogP contribution in [0.2, 0.25) is 0 Å². The van der Waals surface area contributed by atoms with E-state index in [1.54, 1.807) is 12.3 Å². The van der Waals surface area contributed by atoms with Gasteiger partial charge in [0.05, 0.1) is 16.6 Å². The quantitative estimate of drug-likeness (QED) is 0.636. The molecule has 3 N–H and O–H groups in total. The van der Waals surface area contributed by atoms with Gasteiger partial charge in [0, 0.05) is 18.5 Å². The zero-order chi connectivity index (χ0) is 8.55. The fraction of sp³-hybridized carbons (Fsp3) is 0. The predicted molar refractivity (Wildman–Crippen MR) is 43.4 cm³/mol. The first kappa shape index (κ1) is 6.84. The Morgan fingerprint density at radius 1 is 1.67 bits per heavy atom. The van der Waals surface area contributed by atoms with Crippen LogP contribution in [0.5, 0.6) is 0 Å². The van der Waals surface area contributed by atoms with Gasteiger partial charge in [0.1, 0.15) is 0 Å². The maximum absolute atomic E-state index is 10.9. The lowest BCUT2D eigenvalue weighted by atomic mass is 10.2. The van der Waals surface area contributed by atoms with Gasteiger partial charge in [-0.15, -0.1) is 0 Å². The van der Waals surface area contributed by atoms with Crippen LogP contribution in [-0.4, -0.2) is 15.9 Å². The van der Waals surface area contributed by atoms with Crippen molar-refractivity contribution in [2.24, 2.45) is 5.73 Å². The number of carbonyl (C=O) groups excluding carboxylic acids is 1. The number of nitrogens with zero attached hydrogens (tertiary/aromatic N) is 1. The van der Waals surface area contributed by atoms with Gasteiger partial charge in [-0.05, 0) is 6.07 Å². The van der Waals surface area contributed by atoms with Crippen LogP contribution in [0.4, 0.5) is 0 Å². The summed E-state index contributed by atoms with van der Waals surface area (Å²) in [4.78, 5) is 17.7. The van der Waals surface area contributed by atoms with Gasteiger partial charge in [-0.1, -0.05) is 0 Å². The van der Waals surface area contributed by atoms with Gasteiger partial charge in [-0.3, -0.25) is 9.78 Å². The number of nitrogens with two attached hydrogens (primary N) is 1. The largest absolute Gasteiger partial charge is 0.366 e. The number of aromatic amines is 1. The van der Waals surface area contributed by atoms with E-state index in [4.69, 9.17) is 5.73 Å². The summed E-state index contributed by atoms with van der Waals surface area (Å²) in [6, 6.07) is 4.45. The van der Waals surface area contributed by atoms with Crippen LogP contribution < -0.4 is 5.73 Å². The van der Waals surface area contributed by atoms with E-state index in [1.807, 2.05) is 0 Å². The van der Waals surface area contributed by atoms with Gasteiger partial charge in [0.25, 0.3) is 5.91 Å². The molecular formula is C8H6N3O. The lowest BCUT2D eigenvalue weighted by Gasteiger charge is -1.94. The third-order valence-electron chi connectivity index (χ3n) is 1.63. The van der Waals surface area contributed by atoms with E-state index in [2.05, 4.69) is 16.0 Å². The third-order valence-corrected chi connectivity index (χ3v) is 1.63. The van der Waals surface area contributed by atoms with Gasteiger partial charge in [0.2, 0.25) is 0 Å². The maximum atomic E-state index is 10.9. The van der Waals surface area contributed by atoms with Crippen LogP contribution in [0.3, 0.4) is 0 Å². The summed E-state index contributed by atoms with van der Waals surface area (Å²) >= 11 is 0. The summed E-state index contributed by atoms with van der Waals surface area (Å²) < 4.78 is 0. The van der Waals surface area contributed by atoms with Crippen LogP contribution in [0.25, 0.3) is 11.0 Å². The zero-order valence-electron chi connectivity index (χ0n) is 6.16. The molecule has 2 rings (SSSR count). The van der Waals surface area contributed by atoms with Crippen LogP contribution in [0.1, 0.15) is 10.4 Å². The number of amides is 1. The number of hydrogen-bond donors (Lipinski definition) is 2. The van der Waals surface area contributed by atoms with Crippen LogP contribution in [-0.2, 0) is 0 Å². The molecule has 0 aliphatic carbocycles. The van der Waals surface area contributed by atoms with Gasteiger partial charge in [-0.25, -0.2) is 0 Å². The molecule has 0 spiro atoms. The first-order valence-corrected chi connectivity index (χ1v) is 3.42. The second-order valence-corrected chi connectivity index (χ2v) is 2.38. The maximum Gasteiger partial charge on any atom is 0.251 e. The molecule has 0 bridgehead atoms. The van der Waals surface area contributed by atoms with Crippen molar-refractivity contribution in [1.82, 2.24) is 9.97 Å². The molecule has 0 saturated heterocycles. The smallest absolute Gasteiger partial charge is 0.251 e. The Morgan fingerprint density at radius 3 is 3.25 bits per heavy atom. The Bertz CT molecular complexity index is 433. The van der Waals surface area contributed by atoms with E-state index in [-0.39, 0.29) is 0 Å². The molecule has 4 nitrogen and oxygen atoms in total. The first-order chi connectivity index (χ1) is 5.79. The summed E-state index contributed by atoms with van der Waals surface area (Å²) in [5, 5.41) is 0. The lowest BCUT2D eigenvalue weighted by Crippen LogP contribution is -2.11. The summed E-state index contributed by atoms with van der Waals surface area (Å²) in [7, 11) is 0. The van der Waals surface area contributed by atoms with E-state index in [0.717, 1.165) is 5.52 Å². The summed E-state index contributed by atoms with van der Waals surface area (Å²) in [6.07, 6.45) is 3.15. The third kappa shape index (κ3) is 0.852. The van der Waals surface area contributed by atoms with E-state index in [0.29, 0.717) is 11.1 Å². The Balaban J connectivity index is 2.82. The molecule has 4 heteroatoms. The Hall–Kier alpha value is -1.84. The minimum absolute atomic E-state index is 0.352. The van der Waals surface area contributed by atoms with Crippen molar-refractivity contribution in [3.8, 4) is 0 Å². The Kier molecular flexibility index (Phi) is 1.33. The number of primary amides is 1. The lowest BCUT2D eigenvalue weighted by molar-refractivity contribution is 0.100. The number of fused-ring (bicyclic) bond motifs is 1. The van der Waals surface area contributed by atoms with E-state index in [9.17, 15) is 4.79 Å². The number of rotatable bonds is 1. The standard InChI is InChI=1S/C8H6N3O/c9-8(12)5-1-3-10-6-2-4-11-7(5)6/h2-4,11H,(H2,9,12). The highest BCUT2D eigenvalue weighted by atomic mass is 16.1. The fourth-order valence-electron chi connectivity index (χ4n) is 1.10. The van der Waals surface area contributed by atoms with Crippen LogP contribution in [0.15, 0.2) is 18.5 Å². The van der Waals surface area contributed by atoms with E-state index < -0.39 is 5.91 Å². The number of nitrogens with one attached hydrogen (secondary N) is 1. The molecule has 2 aromatic heterocycles.